The Kier molecular flexibility index (Phi) is 5.25. The van der Waals surface area contributed by atoms with Gasteiger partial charge in [0.1, 0.15) is 0 Å². The average Bonchev–Trinajstić information content (AvgIpc) is 3.02. The largest absolute Gasteiger partial charge is 0.461 e. The number of aryl methyl sites for hydroxylation is 1. The van der Waals surface area contributed by atoms with Crippen LogP contribution in [-0.4, -0.2) is 46.5 Å². The molecular weight excluding hydrogens is 334 g/mol. The maximum atomic E-state index is 12.4. The van der Waals surface area contributed by atoms with Crippen molar-refractivity contribution in [3.8, 4) is 5.69 Å². The van der Waals surface area contributed by atoms with Crippen LogP contribution in [0.5, 0.6) is 0 Å². The molecule has 0 N–H and O–H groups in total. The van der Waals surface area contributed by atoms with Crippen molar-refractivity contribution in [1.29, 1.82) is 0 Å². The molecule has 2 aromatic rings. The number of amides is 1. The van der Waals surface area contributed by atoms with Gasteiger partial charge in [0.15, 0.2) is 5.69 Å². The molecule has 0 radical (unpaired) electrons. The molecular formula is C19H23N3O4. The van der Waals surface area contributed by atoms with Crippen molar-refractivity contribution in [2.45, 2.75) is 33.7 Å². The van der Waals surface area contributed by atoms with Crippen LogP contribution in [0.4, 0.5) is 4.79 Å². The molecule has 7 heteroatoms. The van der Waals surface area contributed by atoms with Gasteiger partial charge < -0.3 is 14.4 Å². The van der Waals surface area contributed by atoms with E-state index < -0.39 is 5.97 Å². The summed E-state index contributed by atoms with van der Waals surface area (Å²) in [5.41, 5.74) is 3.94. The number of fused-ring (bicyclic) bond motifs is 1. The molecule has 0 unspecified atom stereocenters. The Hall–Kier alpha value is -2.83. The van der Waals surface area contributed by atoms with Crippen LogP contribution in [0.2, 0.25) is 0 Å². The van der Waals surface area contributed by atoms with Crippen LogP contribution >= 0.6 is 0 Å². The fourth-order valence-electron chi connectivity index (χ4n) is 3.05. The second kappa shape index (κ2) is 7.59. The van der Waals surface area contributed by atoms with E-state index in [4.69, 9.17) is 9.47 Å². The van der Waals surface area contributed by atoms with Crippen LogP contribution in [0.1, 0.15) is 41.2 Å². The van der Waals surface area contributed by atoms with E-state index in [9.17, 15) is 9.59 Å². The van der Waals surface area contributed by atoms with Gasteiger partial charge in [-0.3, -0.25) is 0 Å². The van der Waals surface area contributed by atoms with Crippen molar-refractivity contribution in [3.63, 3.8) is 0 Å². The summed E-state index contributed by atoms with van der Waals surface area (Å²) in [6.45, 7) is 6.94. The lowest BCUT2D eigenvalue weighted by Gasteiger charge is -2.26. The highest BCUT2D eigenvalue weighted by Crippen LogP contribution is 2.26. The zero-order chi connectivity index (χ0) is 18.7. The van der Waals surface area contributed by atoms with Gasteiger partial charge in [-0.15, -0.1) is 0 Å². The van der Waals surface area contributed by atoms with Gasteiger partial charge in [-0.05, 0) is 32.9 Å². The number of aromatic nitrogens is 2. The maximum absolute atomic E-state index is 12.4. The quantitative estimate of drug-likeness (QED) is 0.787. The van der Waals surface area contributed by atoms with E-state index in [0.29, 0.717) is 19.6 Å². The van der Waals surface area contributed by atoms with Gasteiger partial charge >= 0.3 is 12.1 Å². The fourth-order valence-corrected chi connectivity index (χ4v) is 3.05. The van der Waals surface area contributed by atoms with Crippen LogP contribution in [0.15, 0.2) is 24.3 Å². The minimum absolute atomic E-state index is 0.261. The Morgan fingerprint density at radius 3 is 2.46 bits per heavy atom. The number of hydrogen-bond acceptors (Lipinski definition) is 5. The van der Waals surface area contributed by atoms with Crippen molar-refractivity contribution >= 4 is 12.1 Å². The first-order valence-electron chi connectivity index (χ1n) is 8.81. The summed E-state index contributed by atoms with van der Waals surface area (Å²) in [4.78, 5) is 26.1. The third kappa shape index (κ3) is 3.42. The molecule has 0 atom stereocenters. The molecule has 1 aromatic heterocycles. The van der Waals surface area contributed by atoms with E-state index in [0.717, 1.165) is 22.5 Å². The highest BCUT2D eigenvalue weighted by molar-refractivity contribution is 5.89. The summed E-state index contributed by atoms with van der Waals surface area (Å²) >= 11 is 0. The lowest BCUT2D eigenvalue weighted by atomic mass is 10.1. The standard InChI is InChI=1S/C19H23N3O4/c1-4-25-18(23)17-15-12-21(19(24)26-5-2)11-10-16(15)22(20-17)14-8-6-13(3)7-9-14/h6-9H,4-5,10-12H2,1-3H3. The Labute approximate surface area is 152 Å². The van der Waals surface area contributed by atoms with Crippen LogP contribution in [0, 0.1) is 6.92 Å². The predicted molar refractivity (Wildman–Crippen MR) is 95.4 cm³/mol. The van der Waals surface area contributed by atoms with Crippen molar-refractivity contribution in [1.82, 2.24) is 14.7 Å². The lowest BCUT2D eigenvalue weighted by Crippen LogP contribution is -2.37. The Balaban J connectivity index is 2.01. The molecule has 26 heavy (non-hydrogen) atoms. The molecule has 0 bridgehead atoms. The number of carbonyl (C=O) groups is 2. The number of ether oxygens (including phenoxy) is 2. The zero-order valence-electron chi connectivity index (χ0n) is 15.3. The number of nitrogens with zero attached hydrogens (tertiary/aromatic N) is 3. The van der Waals surface area contributed by atoms with E-state index in [2.05, 4.69) is 5.10 Å². The molecule has 2 heterocycles. The van der Waals surface area contributed by atoms with Gasteiger partial charge in [0.05, 0.1) is 31.1 Å². The number of rotatable bonds is 4. The minimum atomic E-state index is -0.472. The molecule has 0 saturated carbocycles. The Bertz CT molecular complexity index is 811. The molecule has 138 valence electrons. The first kappa shape index (κ1) is 18.0. The van der Waals surface area contributed by atoms with E-state index >= 15 is 0 Å². The molecule has 0 saturated heterocycles. The topological polar surface area (TPSA) is 73.7 Å². The molecule has 3 rings (SSSR count). The summed E-state index contributed by atoms with van der Waals surface area (Å²) < 4.78 is 12.0. The van der Waals surface area contributed by atoms with Crippen molar-refractivity contribution in [2.24, 2.45) is 0 Å². The van der Waals surface area contributed by atoms with E-state index in [1.165, 1.54) is 0 Å². The first-order valence-corrected chi connectivity index (χ1v) is 8.81. The van der Waals surface area contributed by atoms with E-state index in [-0.39, 0.29) is 24.9 Å². The predicted octanol–water partition coefficient (Wildman–Crippen LogP) is 2.87. The number of esters is 1. The van der Waals surface area contributed by atoms with Crippen LogP contribution < -0.4 is 0 Å². The van der Waals surface area contributed by atoms with Gasteiger partial charge in [0.25, 0.3) is 0 Å². The Morgan fingerprint density at radius 2 is 1.81 bits per heavy atom. The molecule has 1 aliphatic heterocycles. The molecule has 0 spiro atoms. The van der Waals surface area contributed by atoms with Crippen LogP contribution in [0.25, 0.3) is 5.69 Å². The van der Waals surface area contributed by atoms with Crippen LogP contribution in [-0.2, 0) is 22.4 Å². The molecule has 0 fully saturated rings. The zero-order valence-corrected chi connectivity index (χ0v) is 15.3. The molecule has 1 amide bonds. The molecule has 0 aliphatic carbocycles. The SMILES string of the molecule is CCOC(=O)c1nn(-c2ccc(C)cc2)c2c1CN(C(=O)OCC)CC2. The summed E-state index contributed by atoms with van der Waals surface area (Å²) in [5, 5.41) is 4.51. The summed E-state index contributed by atoms with van der Waals surface area (Å²) in [7, 11) is 0. The van der Waals surface area contributed by atoms with Crippen molar-refractivity contribution in [3.05, 3.63) is 46.8 Å². The molecule has 1 aromatic carbocycles. The molecule has 7 nitrogen and oxygen atoms in total. The third-order valence-electron chi connectivity index (χ3n) is 4.33. The summed E-state index contributed by atoms with van der Waals surface area (Å²) in [5.74, 6) is -0.472. The van der Waals surface area contributed by atoms with Crippen LogP contribution in [0.3, 0.4) is 0 Å². The second-order valence-corrected chi connectivity index (χ2v) is 6.11. The van der Waals surface area contributed by atoms with E-state index in [1.54, 1.807) is 23.4 Å². The van der Waals surface area contributed by atoms with Gasteiger partial charge in [0.2, 0.25) is 0 Å². The number of carbonyl (C=O) groups excluding carboxylic acids is 2. The smallest absolute Gasteiger partial charge is 0.410 e. The highest BCUT2D eigenvalue weighted by Gasteiger charge is 2.31. The number of hydrogen-bond donors (Lipinski definition) is 0. The van der Waals surface area contributed by atoms with Crippen molar-refractivity contribution in [2.75, 3.05) is 19.8 Å². The average molecular weight is 357 g/mol. The third-order valence-corrected chi connectivity index (χ3v) is 4.33. The second-order valence-electron chi connectivity index (χ2n) is 6.11. The molecule has 1 aliphatic rings. The van der Waals surface area contributed by atoms with Gasteiger partial charge in [-0.25, -0.2) is 14.3 Å². The fraction of sp³-hybridized carbons (Fsp3) is 0.421. The summed E-state index contributed by atoms with van der Waals surface area (Å²) in [6.07, 6.45) is 0.213. The van der Waals surface area contributed by atoms with Crippen molar-refractivity contribution < 1.29 is 19.1 Å². The number of benzene rings is 1. The van der Waals surface area contributed by atoms with Gasteiger partial charge in [-0.1, -0.05) is 17.7 Å². The maximum Gasteiger partial charge on any atom is 0.410 e. The minimum Gasteiger partial charge on any atom is -0.461 e. The van der Waals surface area contributed by atoms with E-state index in [1.807, 2.05) is 31.2 Å². The first-order chi connectivity index (χ1) is 12.5. The summed E-state index contributed by atoms with van der Waals surface area (Å²) in [6, 6.07) is 7.94. The lowest BCUT2D eigenvalue weighted by molar-refractivity contribution is 0.0514. The van der Waals surface area contributed by atoms with Gasteiger partial charge in [-0.2, -0.15) is 5.10 Å². The normalized spacial score (nSPS) is 13.3. The Morgan fingerprint density at radius 1 is 1.12 bits per heavy atom. The highest BCUT2D eigenvalue weighted by atomic mass is 16.6. The monoisotopic (exact) mass is 357 g/mol. The van der Waals surface area contributed by atoms with Gasteiger partial charge in [0, 0.05) is 18.5 Å².